The van der Waals surface area contributed by atoms with Gasteiger partial charge in [-0.25, -0.2) is 0 Å². The van der Waals surface area contributed by atoms with Gasteiger partial charge in [0.25, 0.3) is 0 Å². The fourth-order valence-corrected chi connectivity index (χ4v) is 4.22. The molecule has 0 saturated heterocycles. The molecular weight excluding hydrogens is 286 g/mol. The largest absolute Gasteiger partial charge is 0.307 e. The van der Waals surface area contributed by atoms with E-state index < -0.39 is 0 Å². The van der Waals surface area contributed by atoms with E-state index >= 15 is 0 Å². The monoisotopic (exact) mass is 311 g/mol. The van der Waals surface area contributed by atoms with E-state index in [1.807, 2.05) is 17.8 Å². The molecule has 0 aromatic heterocycles. The molecule has 3 heteroatoms. The highest BCUT2D eigenvalue weighted by molar-refractivity contribution is 7.99. The maximum atomic E-state index is 6.19. The Morgan fingerprint density at radius 1 is 1.30 bits per heavy atom. The van der Waals surface area contributed by atoms with Crippen LogP contribution in [0.3, 0.4) is 0 Å². The average Bonchev–Trinajstić information content (AvgIpc) is 2.45. The third kappa shape index (κ3) is 4.41. The van der Waals surface area contributed by atoms with Crippen molar-refractivity contribution in [2.24, 2.45) is 0 Å². The molecule has 0 saturated carbocycles. The van der Waals surface area contributed by atoms with E-state index in [-0.39, 0.29) is 0 Å². The van der Waals surface area contributed by atoms with Crippen molar-refractivity contribution in [3.05, 3.63) is 28.8 Å². The molecule has 0 aliphatic carbocycles. The summed E-state index contributed by atoms with van der Waals surface area (Å²) in [4.78, 5) is 1.41. The summed E-state index contributed by atoms with van der Waals surface area (Å²) in [6.07, 6.45) is 7.64. The van der Waals surface area contributed by atoms with Gasteiger partial charge in [-0.05, 0) is 48.8 Å². The number of halogens is 1. The van der Waals surface area contributed by atoms with Gasteiger partial charge in [-0.1, -0.05) is 44.7 Å². The minimum absolute atomic E-state index is 0.485. The van der Waals surface area contributed by atoms with E-state index in [0.29, 0.717) is 12.1 Å². The summed E-state index contributed by atoms with van der Waals surface area (Å²) in [5.41, 5.74) is 1.41. The van der Waals surface area contributed by atoms with Crippen LogP contribution in [0.5, 0.6) is 0 Å². The summed E-state index contributed by atoms with van der Waals surface area (Å²) in [6.45, 7) is 4.55. The highest BCUT2D eigenvalue weighted by atomic mass is 35.5. The number of rotatable bonds is 7. The van der Waals surface area contributed by atoms with E-state index in [2.05, 4.69) is 31.3 Å². The summed E-state index contributed by atoms with van der Waals surface area (Å²) >= 11 is 8.15. The molecule has 1 aliphatic rings. The minimum atomic E-state index is 0.485. The van der Waals surface area contributed by atoms with Crippen molar-refractivity contribution in [1.82, 2.24) is 5.32 Å². The van der Waals surface area contributed by atoms with Gasteiger partial charge in [0, 0.05) is 22.0 Å². The van der Waals surface area contributed by atoms with Gasteiger partial charge in [0.2, 0.25) is 0 Å². The maximum absolute atomic E-state index is 6.19. The molecule has 2 unspecified atom stereocenters. The highest BCUT2D eigenvalue weighted by Crippen LogP contribution is 2.38. The second kappa shape index (κ2) is 8.31. The lowest BCUT2D eigenvalue weighted by molar-refractivity contribution is 0.374. The van der Waals surface area contributed by atoms with Crippen LogP contribution in [0.15, 0.2) is 23.1 Å². The van der Waals surface area contributed by atoms with Crippen LogP contribution in [0, 0.1) is 0 Å². The zero-order valence-corrected chi connectivity index (χ0v) is 14.2. The molecule has 0 amide bonds. The Labute approximate surface area is 132 Å². The van der Waals surface area contributed by atoms with Crippen molar-refractivity contribution >= 4 is 23.4 Å². The van der Waals surface area contributed by atoms with Crippen molar-refractivity contribution in [2.75, 3.05) is 5.75 Å². The number of benzene rings is 1. The molecule has 2 rings (SSSR count). The molecule has 1 aromatic carbocycles. The molecule has 0 fully saturated rings. The first kappa shape index (κ1) is 16.2. The van der Waals surface area contributed by atoms with Crippen LogP contribution in [0.2, 0.25) is 5.02 Å². The molecule has 1 heterocycles. The molecule has 20 heavy (non-hydrogen) atoms. The van der Waals surface area contributed by atoms with Crippen LogP contribution in [0.1, 0.15) is 64.0 Å². The predicted molar refractivity (Wildman–Crippen MR) is 90.9 cm³/mol. The highest BCUT2D eigenvalue weighted by Gasteiger charge is 2.23. The first-order valence-electron chi connectivity index (χ1n) is 7.92. The van der Waals surface area contributed by atoms with Crippen LogP contribution in [0.25, 0.3) is 0 Å². The maximum Gasteiger partial charge on any atom is 0.0410 e. The Balaban J connectivity index is 2.07. The quantitative estimate of drug-likeness (QED) is 0.680. The number of unbranched alkanes of at least 4 members (excludes halogenated alkanes) is 1. The number of fused-ring (bicyclic) bond motifs is 1. The summed E-state index contributed by atoms with van der Waals surface area (Å²) < 4.78 is 0. The second-order valence-electron chi connectivity index (χ2n) is 5.67. The first-order valence-corrected chi connectivity index (χ1v) is 9.29. The normalized spacial score (nSPS) is 19.6. The number of nitrogens with one attached hydrogen (secondary N) is 1. The lowest BCUT2D eigenvalue weighted by Crippen LogP contribution is -2.34. The van der Waals surface area contributed by atoms with Crippen molar-refractivity contribution in [2.45, 2.75) is 69.4 Å². The van der Waals surface area contributed by atoms with Crippen molar-refractivity contribution in [3.8, 4) is 0 Å². The molecule has 0 bridgehead atoms. The van der Waals surface area contributed by atoms with Crippen LogP contribution in [-0.4, -0.2) is 11.8 Å². The average molecular weight is 312 g/mol. The SMILES string of the molecule is CCCCC(CCC)NC1CCSc2ccc(Cl)cc21. The molecule has 1 N–H and O–H groups in total. The fraction of sp³-hybridized carbons (Fsp3) is 0.647. The molecule has 2 atom stereocenters. The molecule has 1 aliphatic heterocycles. The third-order valence-corrected chi connectivity index (χ3v) is 5.35. The predicted octanol–water partition coefficient (Wildman–Crippen LogP) is 5.83. The van der Waals surface area contributed by atoms with Crippen LogP contribution < -0.4 is 5.32 Å². The van der Waals surface area contributed by atoms with Crippen LogP contribution in [-0.2, 0) is 0 Å². The Kier molecular flexibility index (Phi) is 6.73. The van der Waals surface area contributed by atoms with E-state index in [1.54, 1.807) is 0 Å². The van der Waals surface area contributed by atoms with E-state index in [0.717, 1.165) is 5.02 Å². The fourth-order valence-electron chi connectivity index (χ4n) is 2.93. The zero-order valence-electron chi connectivity index (χ0n) is 12.6. The summed E-state index contributed by atoms with van der Waals surface area (Å²) in [7, 11) is 0. The van der Waals surface area contributed by atoms with Gasteiger partial charge < -0.3 is 5.32 Å². The molecular formula is C17H26ClNS. The third-order valence-electron chi connectivity index (χ3n) is 3.99. The molecule has 0 radical (unpaired) electrons. The van der Waals surface area contributed by atoms with E-state index in [4.69, 9.17) is 11.6 Å². The van der Waals surface area contributed by atoms with Gasteiger partial charge in [-0.2, -0.15) is 0 Å². The summed E-state index contributed by atoms with van der Waals surface area (Å²) in [6, 6.07) is 7.48. The van der Waals surface area contributed by atoms with Gasteiger partial charge in [0.1, 0.15) is 0 Å². The van der Waals surface area contributed by atoms with E-state index in [1.165, 1.54) is 54.7 Å². The van der Waals surface area contributed by atoms with Crippen LogP contribution in [0.4, 0.5) is 0 Å². The Morgan fingerprint density at radius 3 is 2.90 bits per heavy atom. The van der Waals surface area contributed by atoms with Gasteiger partial charge in [-0.15, -0.1) is 11.8 Å². The van der Waals surface area contributed by atoms with Gasteiger partial charge in [-0.3, -0.25) is 0 Å². The molecule has 1 aromatic rings. The zero-order chi connectivity index (χ0) is 14.4. The Hall–Kier alpha value is -0.180. The Morgan fingerprint density at radius 2 is 2.15 bits per heavy atom. The molecule has 0 spiro atoms. The lowest BCUT2D eigenvalue weighted by Gasteiger charge is -2.30. The molecule has 1 nitrogen and oxygen atoms in total. The summed E-state index contributed by atoms with van der Waals surface area (Å²) in [5, 5.41) is 4.76. The number of hydrogen-bond donors (Lipinski definition) is 1. The van der Waals surface area contributed by atoms with Gasteiger partial charge in [0.05, 0.1) is 0 Å². The van der Waals surface area contributed by atoms with E-state index in [9.17, 15) is 0 Å². The lowest BCUT2D eigenvalue weighted by atomic mass is 9.99. The minimum Gasteiger partial charge on any atom is -0.307 e. The second-order valence-corrected chi connectivity index (χ2v) is 7.24. The van der Waals surface area contributed by atoms with Gasteiger partial charge in [0.15, 0.2) is 0 Å². The van der Waals surface area contributed by atoms with Gasteiger partial charge >= 0.3 is 0 Å². The first-order chi connectivity index (χ1) is 9.74. The van der Waals surface area contributed by atoms with Crippen molar-refractivity contribution in [3.63, 3.8) is 0 Å². The molecule has 112 valence electrons. The topological polar surface area (TPSA) is 12.0 Å². The van der Waals surface area contributed by atoms with Crippen molar-refractivity contribution < 1.29 is 0 Å². The smallest absolute Gasteiger partial charge is 0.0410 e. The number of hydrogen-bond acceptors (Lipinski definition) is 2. The summed E-state index contributed by atoms with van der Waals surface area (Å²) in [5.74, 6) is 1.21. The van der Waals surface area contributed by atoms with Crippen molar-refractivity contribution in [1.29, 1.82) is 0 Å². The Bertz CT molecular complexity index is 421. The standard InChI is InChI=1S/C17H26ClNS/c1-3-5-7-14(6-4-2)19-16-10-11-20-17-9-8-13(18)12-15(16)17/h8-9,12,14,16,19H,3-7,10-11H2,1-2H3. The van der Waals surface area contributed by atoms with Crippen LogP contribution >= 0.6 is 23.4 Å². The number of thioether (sulfide) groups is 1.